The zero-order chi connectivity index (χ0) is 18.5. The number of nitrogens with one attached hydrogen (secondary N) is 1. The molecule has 0 aromatic rings. The Bertz CT molecular complexity index is 333. The third-order valence-corrected chi connectivity index (χ3v) is 3.33. The molecule has 0 saturated carbocycles. The number of amides is 1. The lowest BCUT2D eigenvalue weighted by molar-refractivity contribution is -0.0934. The van der Waals surface area contributed by atoms with E-state index in [0.717, 1.165) is 6.42 Å². The number of alkyl carbamates (subject to hydrolysis) is 1. The summed E-state index contributed by atoms with van der Waals surface area (Å²) in [6.45, 7) is 10.8. The third kappa shape index (κ3) is 13.5. The molecule has 0 rings (SSSR count). The molecule has 0 radical (unpaired) electrons. The molecule has 0 fully saturated rings. The number of hydrogen-bond acceptors (Lipinski definition) is 5. The van der Waals surface area contributed by atoms with Crippen LogP contribution in [0.2, 0.25) is 0 Å². The van der Waals surface area contributed by atoms with Gasteiger partial charge in [0, 0.05) is 20.3 Å². The van der Waals surface area contributed by atoms with Crippen molar-refractivity contribution in [3.63, 3.8) is 0 Å². The predicted molar refractivity (Wildman–Crippen MR) is 93.6 cm³/mol. The fraction of sp³-hybridized carbons (Fsp3) is 0.941. The van der Waals surface area contributed by atoms with Crippen LogP contribution in [0.15, 0.2) is 0 Å². The first-order valence-electron chi connectivity index (χ1n) is 8.54. The lowest BCUT2D eigenvalue weighted by Crippen LogP contribution is -2.34. The van der Waals surface area contributed by atoms with E-state index in [2.05, 4.69) is 5.32 Å². The van der Waals surface area contributed by atoms with Gasteiger partial charge in [-0.15, -0.1) is 0 Å². The maximum absolute atomic E-state index is 11.3. The van der Waals surface area contributed by atoms with E-state index in [-0.39, 0.29) is 24.4 Å². The summed E-state index contributed by atoms with van der Waals surface area (Å²) < 4.78 is 21.7. The topological polar surface area (TPSA) is 88.9 Å². The van der Waals surface area contributed by atoms with E-state index < -0.39 is 6.09 Å². The van der Waals surface area contributed by atoms with Crippen LogP contribution in [0.3, 0.4) is 0 Å². The van der Waals surface area contributed by atoms with Gasteiger partial charge in [-0.3, -0.25) is 0 Å². The first-order chi connectivity index (χ1) is 11.2. The summed E-state index contributed by atoms with van der Waals surface area (Å²) in [7, 11) is 1.66. The maximum atomic E-state index is 11.3. The van der Waals surface area contributed by atoms with Gasteiger partial charge in [0.15, 0.2) is 0 Å². The fourth-order valence-electron chi connectivity index (χ4n) is 1.93. The molecular formula is C17H36NO6+. The molecule has 0 aromatic heterocycles. The Morgan fingerprint density at radius 3 is 2.29 bits per heavy atom. The molecule has 144 valence electrons. The first kappa shape index (κ1) is 23.1. The predicted octanol–water partition coefficient (Wildman–Crippen LogP) is 1.84. The van der Waals surface area contributed by atoms with Gasteiger partial charge in [-0.25, -0.2) is 4.79 Å². The molecule has 0 saturated heterocycles. The molecule has 0 aliphatic carbocycles. The van der Waals surface area contributed by atoms with E-state index in [1.807, 2.05) is 27.7 Å². The van der Waals surface area contributed by atoms with Gasteiger partial charge in [-0.05, 0) is 40.5 Å². The second kappa shape index (κ2) is 12.5. The molecule has 0 aliphatic heterocycles. The van der Waals surface area contributed by atoms with Gasteiger partial charge in [0.25, 0.3) is 0 Å². The number of methoxy groups -OCH3 is 1. The Kier molecular flexibility index (Phi) is 12.0. The minimum absolute atomic E-state index is 0.266. The average molecular weight is 350 g/mol. The zero-order valence-electron chi connectivity index (χ0n) is 15.9. The maximum Gasteiger partial charge on any atom is 0.407 e. The van der Waals surface area contributed by atoms with Crippen LogP contribution in [0.1, 0.15) is 47.0 Å². The van der Waals surface area contributed by atoms with E-state index in [4.69, 9.17) is 24.1 Å². The van der Waals surface area contributed by atoms with Crippen LogP contribution in [0.5, 0.6) is 0 Å². The number of carbonyl (C=O) groups excluding carboxylic acids is 1. The highest BCUT2D eigenvalue weighted by Gasteiger charge is 2.22. The molecule has 0 bridgehead atoms. The quantitative estimate of drug-likeness (QED) is 0.381. The number of carbonyl (C=O) groups is 1. The molecule has 0 atom stereocenters. The largest absolute Gasteiger partial charge is 0.449 e. The highest BCUT2D eigenvalue weighted by atomic mass is 16.6. The van der Waals surface area contributed by atoms with E-state index in [1.165, 1.54) is 0 Å². The Hall–Kier alpha value is -0.890. The van der Waals surface area contributed by atoms with Gasteiger partial charge < -0.3 is 29.4 Å². The first-order valence-corrected chi connectivity index (χ1v) is 8.54. The van der Waals surface area contributed by atoms with Gasteiger partial charge in [0.05, 0.1) is 30.8 Å². The Morgan fingerprint density at radius 1 is 1.00 bits per heavy atom. The van der Waals surface area contributed by atoms with Gasteiger partial charge in [-0.2, -0.15) is 0 Å². The average Bonchev–Trinajstić information content (AvgIpc) is 2.46. The van der Waals surface area contributed by atoms with Gasteiger partial charge in [0.1, 0.15) is 13.2 Å². The van der Waals surface area contributed by atoms with Crippen molar-refractivity contribution in [1.29, 1.82) is 0 Å². The number of rotatable bonds is 14. The van der Waals surface area contributed by atoms with Crippen molar-refractivity contribution in [2.45, 2.75) is 58.2 Å². The molecule has 0 heterocycles. The lowest BCUT2D eigenvalue weighted by atomic mass is 10.1. The van der Waals surface area contributed by atoms with Gasteiger partial charge in [0.2, 0.25) is 0 Å². The second-order valence-corrected chi connectivity index (χ2v) is 6.92. The van der Waals surface area contributed by atoms with E-state index in [1.54, 1.807) is 7.11 Å². The van der Waals surface area contributed by atoms with Gasteiger partial charge in [-0.1, -0.05) is 0 Å². The van der Waals surface area contributed by atoms with Crippen LogP contribution in [-0.4, -0.2) is 69.1 Å². The Morgan fingerprint density at radius 2 is 1.67 bits per heavy atom. The molecule has 0 spiro atoms. The molecule has 0 unspecified atom stereocenters. The monoisotopic (exact) mass is 350 g/mol. The van der Waals surface area contributed by atoms with Crippen LogP contribution >= 0.6 is 0 Å². The zero-order valence-corrected chi connectivity index (χ0v) is 15.9. The molecule has 1 amide bonds. The fourth-order valence-corrected chi connectivity index (χ4v) is 1.93. The molecule has 0 aromatic carbocycles. The summed E-state index contributed by atoms with van der Waals surface area (Å²) >= 11 is 0. The number of ether oxygens (including phenoxy) is 4. The van der Waals surface area contributed by atoms with Crippen molar-refractivity contribution in [2.24, 2.45) is 0 Å². The van der Waals surface area contributed by atoms with Crippen LogP contribution in [0, 0.1) is 0 Å². The van der Waals surface area contributed by atoms with Crippen molar-refractivity contribution < 1.29 is 28.8 Å². The molecule has 0 aliphatic rings. The summed E-state index contributed by atoms with van der Waals surface area (Å²) in [5.74, 6) is 0. The SMILES string of the molecule is COCC(C)(C)OCCC(C)(C)OCCCNC(=O)OCCC[OH2+]. The van der Waals surface area contributed by atoms with Crippen molar-refractivity contribution >= 4 is 6.09 Å². The van der Waals surface area contributed by atoms with E-state index in [9.17, 15) is 4.79 Å². The van der Waals surface area contributed by atoms with E-state index >= 15 is 0 Å². The van der Waals surface area contributed by atoms with Crippen molar-refractivity contribution in [3.8, 4) is 0 Å². The van der Waals surface area contributed by atoms with Crippen molar-refractivity contribution in [2.75, 3.05) is 46.7 Å². The Labute approximate surface area is 146 Å². The standard InChI is InChI=1S/C17H35NO6/c1-16(2,8-13-24-17(3,4)14-21-5)23-12-6-9-18-15(20)22-11-7-10-19/h19H,6-14H2,1-5H3,(H,18,20)/p+1. The lowest BCUT2D eigenvalue weighted by Gasteiger charge is -2.29. The summed E-state index contributed by atoms with van der Waals surface area (Å²) in [6, 6.07) is 0. The Balaban J connectivity index is 3.72. The highest BCUT2D eigenvalue weighted by Crippen LogP contribution is 2.17. The molecule has 24 heavy (non-hydrogen) atoms. The van der Waals surface area contributed by atoms with E-state index in [0.29, 0.717) is 39.2 Å². The van der Waals surface area contributed by atoms with Crippen LogP contribution in [0.25, 0.3) is 0 Å². The normalized spacial score (nSPS) is 12.2. The minimum Gasteiger partial charge on any atom is -0.449 e. The highest BCUT2D eigenvalue weighted by molar-refractivity contribution is 5.66. The van der Waals surface area contributed by atoms with Crippen LogP contribution < -0.4 is 5.32 Å². The number of hydrogen-bond donors (Lipinski definition) is 1. The molecule has 3 N–H and O–H groups in total. The van der Waals surface area contributed by atoms with Crippen molar-refractivity contribution in [1.82, 2.24) is 5.32 Å². The van der Waals surface area contributed by atoms with Crippen LogP contribution in [-0.2, 0) is 18.9 Å². The summed E-state index contributed by atoms with van der Waals surface area (Å²) in [6.07, 6.45) is 1.63. The summed E-state index contributed by atoms with van der Waals surface area (Å²) in [4.78, 5) is 11.3. The van der Waals surface area contributed by atoms with Crippen molar-refractivity contribution in [3.05, 3.63) is 0 Å². The smallest absolute Gasteiger partial charge is 0.407 e. The van der Waals surface area contributed by atoms with Crippen LogP contribution in [0.4, 0.5) is 4.79 Å². The second-order valence-electron chi connectivity index (χ2n) is 6.92. The minimum atomic E-state index is -0.434. The molecule has 7 nitrogen and oxygen atoms in total. The molecule has 7 heteroatoms. The summed E-state index contributed by atoms with van der Waals surface area (Å²) in [5.41, 5.74) is -0.577. The summed E-state index contributed by atoms with van der Waals surface area (Å²) in [5, 5.41) is 9.62. The van der Waals surface area contributed by atoms with Gasteiger partial charge >= 0.3 is 6.09 Å². The molecular weight excluding hydrogens is 314 g/mol. The third-order valence-electron chi connectivity index (χ3n) is 3.33.